The molecule has 0 aromatic carbocycles. The van der Waals surface area contributed by atoms with Crippen molar-refractivity contribution in [3.05, 3.63) is 41.6 Å². The van der Waals surface area contributed by atoms with Gasteiger partial charge in [0.2, 0.25) is 6.41 Å². The maximum Gasteiger partial charge on any atom is 0.209 e. The second kappa shape index (κ2) is 6.39. The fraction of sp³-hybridized carbons (Fsp3) is 0.294. The zero-order valence-electron chi connectivity index (χ0n) is 13.4. The predicted octanol–water partition coefficient (Wildman–Crippen LogP) is 2.68. The minimum Gasteiger partial charge on any atom is -0.345 e. The van der Waals surface area contributed by atoms with E-state index in [1.165, 1.54) is 6.20 Å². The van der Waals surface area contributed by atoms with Gasteiger partial charge < -0.3 is 9.47 Å². The summed E-state index contributed by atoms with van der Waals surface area (Å²) >= 11 is 0. The Labute approximate surface area is 143 Å². The standard InChI is InChI=1S/C17H16N6O2/c24-11-22-7-4-13(5-8-22)23-16-15(9-12(21-25)10-19-16)20-17(23)14-3-1-2-6-18-14/h1-3,6,9-11,13H,4-5,7-8H2. The van der Waals surface area contributed by atoms with Gasteiger partial charge in [-0.05, 0) is 36.2 Å². The van der Waals surface area contributed by atoms with Crippen molar-refractivity contribution in [2.45, 2.75) is 18.9 Å². The molecule has 1 saturated heterocycles. The van der Waals surface area contributed by atoms with Crippen molar-refractivity contribution in [3.8, 4) is 11.5 Å². The van der Waals surface area contributed by atoms with E-state index < -0.39 is 0 Å². The summed E-state index contributed by atoms with van der Waals surface area (Å²) in [5, 5.41) is 2.94. The molecule has 3 aromatic rings. The van der Waals surface area contributed by atoms with Crippen molar-refractivity contribution < 1.29 is 4.79 Å². The van der Waals surface area contributed by atoms with E-state index in [1.807, 2.05) is 18.2 Å². The second-order valence-corrected chi connectivity index (χ2v) is 6.02. The SMILES string of the molecule is O=CN1CCC(n2c(-c3ccccn3)nc3cc(N=O)cnc32)CC1. The smallest absolute Gasteiger partial charge is 0.209 e. The zero-order valence-corrected chi connectivity index (χ0v) is 13.4. The first-order valence-corrected chi connectivity index (χ1v) is 8.12. The maximum absolute atomic E-state index is 11.0. The first kappa shape index (κ1) is 15.4. The quantitative estimate of drug-likeness (QED) is 0.539. The third kappa shape index (κ3) is 2.75. The summed E-state index contributed by atoms with van der Waals surface area (Å²) in [5.74, 6) is 0.718. The average molecular weight is 336 g/mol. The van der Waals surface area contributed by atoms with E-state index in [2.05, 4.69) is 24.7 Å². The fourth-order valence-corrected chi connectivity index (χ4v) is 3.29. The number of fused-ring (bicyclic) bond motifs is 1. The number of hydrogen-bond donors (Lipinski definition) is 0. The lowest BCUT2D eigenvalue weighted by molar-refractivity contribution is -0.119. The molecule has 126 valence electrons. The number of nitroso groups, excluding NO2 is 1. The molecule has 0 N–H and O–H groups in total. The summed E-state index contributed by atoms with van der Waals surface area (Å²) in [6.45, 7) is 1.40. The van der Waals surface area contributed by atoms with Crippen LogP contribution in [0.25, 0.3) is 22.7 Å². The number of nitrogens with zero attached hydrogens (tertiary/aromatic N) is 6. The van der Waals surface area contributed by atoms with E-state index in [0.29, 0.717) is 24.3 Å². The predicted molar refractivity (Wildman–Crippen MR) is 92.1 cm³/mol. The molecule has 0 bridgehead atoms. The zero-order chi connectivity index (χ0) is 17.2. The first-order valence-electron chi connectivity index (χ1n) is 8.12. The lowest BCUT2D eigenvalue weighted by Gasteiger charge is -2.30. The first-order chi connectivity index (χ1) is 12.3. The Hall–Kier alpha value is -3.16. The largest absolute Gasteiger partial charge is 0.345 e. The van der Waals surface area contributed by atoms with Gasteiger partial charge in [0.15, 0.2) is 11.5 Å². The van der Waals surface area contributed by atoms with Gasteiger partial charge in [-0.15, -0.1) is 4.91 Å². The molecule has 1 fully saturated rings. The molecule has 1 aliphatic rings. The van der Waals surface area contributed by atoms with Crippen LogP contribution in [-0.4, -0.2) is 43.9 Å². The highest BCUT2D eigenvalue weighted by molar-refractivity contribution is 5.79. The average Bonchev–Trinajstić information content (AvgIpc) is 3.07. The summed E-state index contributed by atoms with van der Waals surface area (Å²) in [7, 11) is 0. The Morgan fingerprint density at radius 3 is 2.72 bits per heavy atom. The molecule has 25 heavy (non-hydrogen) atoms. The van der Waals surface area contributed by atoms with Crippen LogP contribution in [0.2, 0.25) is 0 Å². The van der Waals surface area contributed by atoms with Gasteiger partial charge in [0.05, 0.1) is 6.20 Å². The number of hydrogen-bond acceptors (Lipinski definition) is 6. The Kier molecular flexibility index (Phi) is 3.93. The molecular formula is C17H16N6O2. The summed E-state index contributed by atoms with van der Waals surface area (Å²) in [6.07, 6.45) is 5.71. The number of rotatable bonds is 4. The second-order valence-electron chi connectivity index (χ2n) is 6.02. The summed E-state index contributed by atoms with van der Waals surface area (Å²) in [4.78, 5) is 37.0. The summed E-state index contributed by atoms with van der Waals surface area (Å²) in [5.41, 5.74) is 2.33. The van der Waals surface area contributed by atoms with Crippen LogP contribution in [0.4, 0.5) is 5.69 Å². The highest BCUT2D eigenvalue weighted by Gasteiger charge is 2.25. The van der Waals surface area contributed by atoms with Crippen LogP contribution < -0.4 is 0 Å². The van der Waals surface area contributed by atoms with Gasteiger partial charge in [0, 0.05) is 25.3 Å². The molecule has 1 amide bonds. The van der Waals surface area contributed by atoms with Crippen molar-refractivity contribution >= 4 is 23.3 Å². The molecule has 0 radical (unpaired) electrons. The van der Waals surface area contributed by atoms with Crippen molar-refractivity contribution in [1.82, 2.24) is 24.4 Å². The van der Waals surface area contributed by atoms with Crippen LogP contribution >= 0.6 is 0 Å². The van der Waals surface area contributed by atoms with E-state index >= 15 is 0 Å². The molecule has 0 atom stereocenters. The molecule has 3 aromatic heterocycles. The Morgan fingerprint density at radius 2 is 2.04 bits per heavy atom. The van der Waals surface area contributed by atoms with Gasteiger partial charge in [-0.3, -0.25) is 9.78 Å². The van der Waals surface area contributed by atoms with E-state index in [0.717, 1.165) is 30.8 Å². The van der Waals surface area contributed by atoms with Gasteiger partial charge in [-0.1, -0.05) is 6.07 Å². The van der Waals surface area contributed by atoms with Crippen LogP contribution in [0.1, 0.15) is 18.9 Å². The van der Waals surface area contributed by atoms with Crippen LogP contribution in [0.15, 0.2) is 41.8 Å². The van der Waals surface area contributed by atoms with Gasteiger partial charge in [-0.2, -0.15) is 0 Å². The van der Waals surface area contributed by atoms with Crippen LogP contribution in [0.5, 0.6) is 0 Å². The Balaban J connectivity index is 1.85. The monoisotopic (exact) mass is 336 g/mol. The van der Waals surface area contributed by atoms with Crippen molar-refractivity contribution in [3.63, 3.8) is 0 Å². The highest BCUT2D eigenvalue weighted by Crippen LogP contribution is 2.32. The van der Waals surface area contributed by atoms with Crippen LogP contribution in [0, 0.1) is 4.91 Å². The molecule has 8 nitrogen and oxygen atoms in total. The number of pyridine rings is 2. The highest BCUT2D eigenvalue weighted by atomic mass is 16.3. The number of piperidine rings is 1. The number of amides is 1. The van der Waals surface area contributed by atoms with Crippen LogP contribution in [0.3, 0.4) is 0 Å². The molecule has 1 aliphatic heterocycles. The third-order valence-corrected chi connectivity index (χ3v) is 4.53. The molecular weight excluding hydrogens is 320 g/mol. The van der Waals surface area contributed by atoms with Crippen molar-refractivity contribution in [2.24, 2.45) is 5.18 Å². The van der Waals surface area contributed by atoms with Gasteiger partial charge >= 0.3 is 0 Å². The molecule has 4 rings (SSSR count). The molecule has 0 unspecified atom stereocenters. The fourth-order valence-electron chi connectivity index (χ4n) is 3.29. The number of imidazole rings is 1. The number of carbonyl (C=O) groups excluding carboxylic acids is 1. The van der Waals surface area contributed by atoms with E-state index in [4.69, 9.17) is 0 Å². The van der Waals surface area contributed by atoms with Crippen molar-refractivity contribution in [2.75, 3.05) is 13.1 Å². The van der Waals surface area contributed by atoms with Gasteiger partial charge in [0.1, 0.15) is 16.9 Å². The summed E-state index contributed by atoms with van der Waals surface area (Å²) in [6, 6.07) is 7.47. The maximum atomic E-state index is 11.0. The number of likely N-dealkylation sites (tertiary alicyclic amines) is 1. The minimum absolute atomic E-state index is 0.167. The number of aromatic nitrogens is 4. The van der Waals surface area contributed by atoms with Crippen LogP contribution in [-0.2, 0) is 4.79 Å². The van der Waals surface area contributed by atoms with Crippen molar-refractivity contribution in [1.29, 1.82) is 0 Å². The number of carbonyl (C=O) groups is 1. The lowest BCUT2D eigenvalue weighted by atomic mass is 10.0. The van der Waals surface area contributed by atoms with Gasteiger partial charge in [0.25, 0.3) is 0 Å². The molecule has 0 saturated carbocycles. The summed E-state index contributed by atoms with van der Waals surface area (Å²) < 4.78 is 2.08. The Morgan fingerprint density at radius 1 is 1.20 bits per heavy atom. The molecule has 4 heterocycles. The normalized spacial score (nSPS) is 15.4. The van der Waals surface area contributed by atoms with E-state index in [9.17, 15) is 9.70 Å². The van der Waals surface area contributed by atoms with E-state index in [1.54, 1.807) is 17.2 Å². The Bertz CT molecular complexity index is 916. The molecule has 0 spiro atoms. The van der Waals surface area contributed by atoms with E-state index in [-0.39, 0.29) is 11.7 Å². The molecule has 8 heteroatoms. The minimum atomic E-state index is 0.167. The molecule has 0 aliphatic carbocycles. The topological polar surface area (TPSA) is 93.3 Å². The third-order valence-electron chi connectivity index (χ3n) is 4.53. The lowest BCUT2D eigenvalue weighted by Crippen LogP contribution is -2.33. The van der Waals surface area contributed by atoms with Gasteiger partial charge in [-0.25, -0.2) is 9.97 Å².